The molecule has 1 unspecified atom stereocenters. The van der Waals surface area contributed by atoms with Gasteiger partial charge in [-0.2, -0.15) is 0 Å². The number of anilines is 1. The minimum absolute atomic E-state index is 0.181. The smallest absolute Gasteiger partial charge is 0.326 e. The highest BCUT2D eigenvalue weighted by atomic mass is 35.5. The monoisotopic (exact) mass is 340 g/mol. The molecule has 0 aliphatic carbocycles. The van der Waals surface area contributed by atoms with Gasteiger partial charge in [0.05, 0.1) is 5.69 Å². The molecule has 124 valence electrons. The molecule has 0 fully saturated rings. The number of carbonyl (C=O) groups excluding carboxylic acids is 2. The van der Waals surface area contributed by atoms with Crippen molar-refractivity contribution < 1.29 is 24.2 Å². The van der Waals surface area contributed by atoms with E-state index in [1.807, 2.05) is 6.92 Å². The molecule has 0 bridgehead atoms. The van der Waals surface area contributed by atoms with Crippen molar-refractivity contribution in [3.8, 4) is 5.75 Å². The van der Waals surface area contributed by atoms with Gasteiger partial charge in [0.15, 0.2) is 6.61 Å². The molecule has 2 rings (SSSR count). The Morgan fingerprint density at radius 2 is 2.22 bits per heavy atom. The van der Waals surface area contributed by atoms with E-state index in [4.69, 9.17) is 21.4 Å². The third-order valence-electron chi connectivity index (χ3n) is 3.38. The van der Waals surface area contributed by atoms with Gasteiger partial charge in [-0.3, -0.25) is 14.5 Å². The summed E-state index contributed by atoms with van der Waals surface area (Å²) in [7, 11) is 0. The summed E-state index contributed by atoms with van der Waals surface area (Å²) in [6, 6.07) is 3.80. The van der Waals surface area contributed by atoms with Gasteiger partial charge in [0.2, 0.25) is 5.91 Å². The summed E-state index contributed by atoms with van der Waals surface area (Å²) in [6.45, 7) is 1.36. The lowest BCUT2D eigenvalue weighted by Crippen LogP contribution is -2.49. The van der Waals surface area contributed by atoms with E-state index in [0.717, 1.165) is 0 Å². The number of fused-ring (bicyclic) bond motifs is 1. The second-order valence-electron chi connectivity index (χ2n) is 5.13. The van der Waals surface area contributed by atoms with Crippen LogP contribution in [0.4, 0.5) is 5.69 Å². The van der Waals surface area contributed by atoms with Gasteiger partial charge in [-0.05, 0) is 24.6 Å². The Morgan fingerprint density at radius 1 is 1.48 bits per heavy atom. The Bertz CT molecular complexity index is 634. The molecule has 0 radical (unpaired) electrons. The first-order valence-electron chi connectivity index (χ1n) is 7.17. The summed E-state index contributed by atoms with van der Waals surface area (Å²) >= 11 is 5.92. The number of hydrogen-bond donors (Lipinski definition) is 2. The van der Waals surface area contributed by atoms with Crippen molar-refractivity contribution in [3.05, 3.63) is 23.2 Å². The molecule has 1 aliphatic rings. The number of ether oxygens (including phenoxy) is 1. The third-order valence-corrected chi connectivity index (χ3v) is 3.61. The number of hydrogen-bond acceptors (Lipinski definition) is 4. The van der Waals surface area contributed by atoms with Crippen LogP contribution in [-0.2, 0) is 14.4 Å². The van der Waals surface area contributed by atoms with Gasteiger partial charge in [-0.25, -0.2) is 4.79 Å². The quantitative estimate of drug-likeness (QED) is 0.816. The fraction of sp³-hybridized carbons (Fsp3) is 0.400. The normalized spacial score (nSPS) is 14.7. The fourth-order valence-corrected chi connectivity index (χ4v) is 2.44. The summed E-state index contributed by atoms with van der Waals surface area (Å²) < 4.78 is 5.28. The molecule has 1 atom stereocenters. The molecule has 0 saturated heterocycles. The Kier molecular flexibility index (Phi) is 5.44. The highest BCUT2D eigenvalue weighted by molar-refractivity contribution is 6.31. The minimum Gasteiger partial charge on any atom is -0.482 e. The molecule has 1 heterocycles. The molecule has 2 N–H and O–H groups in total. The lowest BCUT2D eigenvalue weighted by molar-refractivity contribution is -0.141. The van der Waals surface area contributed by atoms with Crippen molar-refractivity contribution in [1.82, 2.24) is 5.32 Å². The van der Waals surface area contributed by atoms with E-state index in [9.17, 15) is 14.4 Å². The SMILES string of the molecule is CCCC(NC(=O)CN1C(=O)COc2ccc(Cl)cc21)C(=O)O. The largest absolute Gasteiger partial charge is 0.482 e. The number of carboxylic acid groups (broad SMARTS) is 1. The lowest BCUT2D eigenvalue weighted by Gasteiger charge is -2.29. The number of benzene rings is 1. The van der Waals surface area contributed by atoms with E-state index < -0.39 is 23.8 Å². The van der Waals surface area contributed by atoms with Crippen LogP contribution in [-0.4, -0.2) is 42.1 Å². The van der Waals surface area contributed by atoms with Crippen LogP contribution in [0.25, 0.3) is 0 Å². The van der Waals surface area contributed by atoms with Gasteiger partial charge in [0.25, 0.3) is 5.91 Å². The maximum absolute atomic E-state index is 12.1. The summed E-state index contributed by atoms with van der Waals surface area (Å²) in [4.78, 5) is 36.4. The Labute approximate surface area is 138 Å². The molecular formula is C15H17ClN2O5. The van der Waals surface area contributed by atoms with Crippen LogP contribution in [0.5, 0.6) is 5.75 Å². The average molecular weight is 341 g/mol. The van der Waals surface area contributed by atoms with Crippen molar-refractivity contribution in [1.29, 1.82) is 0 Å². The molecule has 0 aromatic heterocycles. The second kappa shape index (κ2) is 7.32. The number of nitrogens with zero attached hydrogens (tertiary/aromatic N) is 1. The highest BCUT2D eigenvalue weighted by Gasteiger charge is 2.29. The molecule has 1 aromatic rings. The van der Waals surface area contributed by atoms with Gasteiger partial charge in [-0.1, -0.05) is 24.9 Å². The molecule has 0 spiro atoms. The van der Waals surface area contributed by atoms with Gasteiger partial charge in [0, 0.05) is 5.02 Å². The summed E-state index contributed by atoms with van der Waals surface area (Å²) in [5.41, 5.74) is 0.395. The van der Waals surface area contributed by atoms with E-state index in [2.05, 4.69) is 5.32 Å². The maximum Gasteiger partial charge on any atom is 0.326 e. The van der Waals surface area contributed by atoms with Gasteiger partial charge < -0.3 is 15.2 Å². The highest BCUT2D eigenvalue weighted by Crippen LogP contribution is 2.34. The number of rotatable bonds is 6. The van der Waals surface area contributed by atoms with Crippen molar-refractivity contribution in [2.45, 2.75) is 25.8 Å². The van der Waals surface area contributed by atoms with Gasteiger partial charge in [-0.15, -0.1) is 0 Å². The summed E-state index contributed by atoms with van der Waals surface area (Å²) in [6.07, 6.45) is 0.937. The van der Waals surface area contributed by atoms with Gasteiger partial charge in [0.1, 0.15) is 18.3 Å². The second-order valence-corrected chi connectivity index (χ2v) is 5.56. The minimum atomic E-state index is -1.10. The number of nitrogens with one attached hydrogen (secondary N) is 1. The van der Waals surface area contributed by atoms with E-state index >= 15 is 0 Å². The van der Waals surface area contributed by atoms with Crippen LogP contribution in [0.3, 0.4) is 0 Å². The first kappa shape index (κ1) is 17.1. The maximum atomic E-state index is 12.1. The van der Waals surface area contributed by atoms with Crippen molar-refractivity contribution in [3.63, 3.8) is 0 Å². The molecule has 1 aromatic carbocycles. The molecular weight excluding hydrogens is 324 g/mol. The predicted molar refractivity (Wildman–Crippen MR) is 83.8 cm³/mol. The number of aliphatic carboxylic acids is 1. The molecule has 23 heavy (non-hydrogen) atoms. The van der Waals surface area contributed by atoms with Crippen LogP contribution < -0.4 is 15.0 Å². The number of carbonyl (C=O) groups is 3. The van der Waals surface area contributed by atoms with E-state index in [1.165, 1.54) is 11.0 Å². The van der Waals surface area contributed by atoms with Crippen LogP contribution in [0.1, 0.15) is 19.8 Å². The average Bonchev–Trinajstić information content (AvgIpc) is 2.49. The standard InChI is InChI=1S/C15H17ClN2O5/c1-2-3-10(15(21)22)17-13(19)7-18-11-6-9(16)4-5-12(11)23-8-14(18)20/h4-6,10H,2-3,7-8H2,1H3,(H,17,19)(H,21,22). The zero-order valence-electron chi connectivity index (χ0n) is 12.5. The predicted octanol–water partition coefficient (Wildman–Crippen LogP) is 1.43. The van der Waals surface area contributed by atoms with E-state index in [1.54, 1.807) is 12.1 Å². The van der Waals surface area contributed by atoms with Crippen LogP contribution >= 0.6 is 11.6 Å². The van der Waals surface area contributed by atoms with Crippen LogP contribution in [0.15, 0.2) is 18.2 Å². The van der Waals surface area contributed by atoms with Crippen molar-refractivity contribution >= 4 is 35.1 Å². The van der Waals surface area contributed by atoms with Crippen molar-refractivity contribution in [2.24, 2.45) is 0 Å². The number of carboxylic acids is 1. The molecule has 7 nitrogen and oxygen atoms in total. The first-order chi connectivity index (χ1) is 10.9. The Balaban J connectivity index is 2.13. The topological polar surface area (TPSA) is 95.9 Å². The molecule has 1 aliphatic heterocycles. The number of amides is 2. The summed E-state index contributed by atoms with van der Waals surface area (Å²) in [5, 5.41) is 11.9. The van der Waals surface area contributed by atoms with Crippen LogP contribution in [0, 0.1) is 0 Å². The third kappa shape index (κ3) is 4.13. The Hall–Kier alpha value is -2.28. The van der Waals surface area contributed by atoms with Gasteiger partial charge >= 0.3 is 5.97 Å². The zero-order valence-corrected chi connectivity index (χ0v) is 13.3. The van der Waals surface area contributed by atoms with E-state index in [-0.39, 0.29) is 13.2 Å². The lowest BCUT2D eigenvalue weighted by atomic mass is 10.1. The molecule has 8 heteroatoms. The van der Waals surface area contributed by atoms with Crippen molar-refractivity contribution in [2.75, 3.05) is 18.1 Å². The first-order valence-corrected chi connectivity index (χ1v) is 7.55. The fourth-order valence-electron chi connectivity index (χ4n) is 2.28. The molecule has 2 amide bonds. The Morgan fingerprint density at radius 3 is 2.87 bits per heavy atom. The zero-order chi connectivity index (χ0) is 17.0. The molecule has 0 saturated carbocycles. The number of halogens is 1. The summed E-state index contributed by atoms with van der Waals surface area (Å²) in [5.74, 6) is -1.59. The van der Waals surface area contributed by atoms with E-state index in [0.29, 0.717) is 29.3 Å². The van der Waals surface area contributed by atoms with Crippen LogP contribution in [0.2, 0.25) is 5.02 Å².